The van der Waals surface area contributed by atoms with E-state index in [-0.39, 0.29) is 5.91 Å². The summed E-state index contributed by atoms with van der Waals surface area (Å²) in [5.41, 5.74) is 3.42. The van der Waals surface area contributed by atoms with E-state index in [9.17, 15) is 9.59 Å². The molecule has 0 bridgehead atoms. The zero-order valence-electron chi connectivity index (χ0n) is 19.7. The Labute approximate surface area is 196 Å². The first kappa shape index (κ1) is 23.1. The quantitative estimate of drug-likeness (QED) is 0.323. The van der Waals surface area contributed by atoms with Crippen molar-refractivity contribution in [2.24, 2.45) is 0 Å². The van der Waals surface area contributed by atoms with Gasteiger partial charge in [0.25, 0.3) is 5.91 Å². The lowest BCUT2D eigenvalue weighted by molar-refractivity contribution is -0.159. The Morgan fingerprint density at radius 3 is 2.39 bits per heavy atom. The molecular formula is C28H34N2O3. The summed E-state index contributed by atoms with van der Waals surface area (Å²) in [4.78, 5) is 26.8. The second kappa shape index (κ2) is 10.7. The molecule has 1 aromatic heterocycles. The molecule has 33 heavy (non-hydrogen) atoms. The fraction of sp³-hybridized carbons (Fsp3) is 0.429. The van der Waals surface area contributed by atoms with Crippen LogP contribution in [0.4, 0.5) is 0 Å². The maximum Gasteiger partial charge on any atom is 0.303 e. The summed E-state index contributed by atoms with van der Waals surface area (Å²) in [7, 11) is 0. The number of carbonyl (C=O) groups is 2. The van der Waals surface area contributed by atoms with E-state index in [0.717, 1.165) is 24.9 Å². The van der Waals surface area contributed by atoms with Gasteiger partial charge in [0, 0.05) is 49.2 Å². The van der Waals surface area contributed by atoms with Crippen LogP contribution < -0.4 is 0 Å². The minimum Gasteiger partial charge on any atom is -0.447 e. The number of para-hydroxylation sites is 1. The molecule has 0 saturated carbocycles. The maximum atomic E-state index is 13.3. The average Bonchev–Trinajstić information content (AvgIpc) is 3.21. The van der Waals surface area contributed by atoms with Crippen molar-refractivity contribution in [2.45, 2.75) is 64.5 Å². The second-order valence-corrected chi connectivity index (χ2v) is 9.00. The number of piperidine rings is 1. The highest BCUT2D eigenvalue weighted by molar-refractivity contribution is 5.86. The lowest BCUT2D eigenvalue weighted by Crippen LogP contribution is -2.41. The minimum atomic E-state index is -0.874. The lowest BCUT2D eigenvalue weighted by atomic mass is 9.89. The van der Waals surface area contributed by atoms with E-state index in [1.807, 2.05) is 35.2 Å². The third-order valence-corrected chi connectivity index (χ3v) is 6.68. The van der Waals surface area contributed by atoms with Gasteiger partial charge in [-0.3, -0.25) is 9.59 Å². The summed E-state index contributed by atoms with van der Waals surface area (Å²) >= 11 is 0. The van der Waals surface area contributed by atoms with Gasteiger partial charge in [-0.1, -0.05) is 68.3 Å². The van der Waals surface area contributed by atoms with Crippen LogP contribution in [-0.4, -0.2) is 34.4 Å². The van der Waals surface area contributed by atoms with Gasteiger partial charge < -0.3 is 14.2 Å². The monoisotopic (exact) mass is 446 g/mol. The highest BCUT2D eigenvalue weighted by Gasteiger charge is 2.32. The number of esters is 1. The number of ether oxygens (including phenoxy) is 1. The maximum absolute atomic E-state index is 13.3. The van der Waals surface area contributed by atoms with E-state index in [1.54, 1.807) is 0 Å². The number of likely N-dealkylation sites (tertiary alicyclic amines) is 1. The summed E-state index contributed by atoms with van der Waals surface area (Å²) in [5, 5.41) is 1.33. The van der Waals surface area contributed by atoms with Crippen LogP contribution in [0.2, 0.25) is 0 Å². The molecule has 0 N–H and O–H groups in total. The lowest BCUT2D eigenvalue weighted by Gasteiger charge is -2.34. The van der Waals surface area contributed by atoms with E-state index in [0.29, 0.717) is 19.0 Å². The molecule has 3 aromatic rings. The molecule has 1 saturated heterocycles. The van der Waals surface area contributed by atoms with Gasteiger partial charge in [0.2, 0.25) is 6.10 Å². The fourth-order valence-electron chi connectivity index (χ4n) is 4.95. The Morgan fingerprint density at radius 1 is 1.00 bits per heavy atom. The standard InChI is InChI=1S/C28H34N2O3/c1-3-4-10-17-30-20-25(24-13-8-9-14-26(24)30)22-15-18-29(19-16-22)28(32)27(33-21(2)31)23-11-6-5-7-12-23/h5-9,11-14,20,22,27H,3-4,10,15-19H2,1-2H3. The Balaban J connectivity index is 1.48. The van der Waals surface area contributed by atoms with Gasteiger partial charge in [0.15, 0.2) is 0 Å². The molecule has 2 heterocycles. The molecule has 0 aliphatic carbocycles. The molecule has 1 aliphatic heterocycles. The largest absolute Gasteiger partial charge is 0.447 e. The molecule has 5 nitrogen and oxygen atoms in total. The number of aryl methyl sites for hydroxylation is 1. The van der Waals surface area contributed by atoms with Crippen molar-refractivity contribution in [3.05, 3.63) is 71.9 Å². The van der Waals surface area contributed by atoms with Crippen LogP contribution in [-0.2, 0) is 20.9 Å². The third-order valence-electron chi connectivity index (χ3n) is 6.68. The van der Waals surface area contributed by atoms with Crippen LogP contribution in [0.1, 0.15) is 69.1 Å². The van der Waals surface area contributed by atoms with Crippen LogP contribution in [0.5, 0.6) is 0 Å². The summed E-state index contributed by atoms with van der Waals surface area (Å²) < 4.78 is 7.84. The molecular weight excluding hydrogens is 412 g/mol. The second-order valence-electron chi connectivity index (χ2n) is 9.00. The highest BCUT2D eigenvalue weighted by atomic mass is 16.5. The highest BCUT2D eigenvalue weighted by Crippen LogP contribution is 2.35. The van der Waals surface area contributed by atoms with E-state index in [4.69, 9.17) is 4.74 Å². The Kier molecular flexibility index (Phi) is 7.48. The van der Waals surface area contributed by atoms with Crippen molar-refractivity contribution >= 4 is 22.8 Å². The number of aromatic nitrogens is 1. The topological polar surface area (TPSA) is 51.5 Å². The number of unbranched alkanes of at least 4 members (excludes halogenated alkanes) is 2. The first-order valence-corrected chi connectivity index (χ1v) is 12.2. The predicted octanol–water partition coefficient (Wildman–Crippen LogP) is 5.84. The molecule has 2 aromatic carbocycles. The zero-order valence-corrected chi connectivity index (χ0v) is 19.7. The molecule has 174 valence electrons. The molecule has 1 atom stereocenters. The summed E-state index contributed by atoms with van der Waals surface area (Å²) in [6.45, 7) is 5.98. The number of fused-ring (bicyclic) bond motifs is 1. The number of carbonyl (C=O) groups excluding carboxylic acids is 2. The van der Waals surface area contributed by atoms with E-state index in [2.05, 4.69) is 42.0 Å². The van der Waals surface area contributed by atoms with Crippen molar-refractivity contribution in [3.63, 3.8) is 0 Å². The number of rotatable bonds is 8. The molecule has 4 rings (SSSR count). The molecule has 1 aliphatic rings. The molecule has 1 fully saturated rings. The molecule has 1 amide bonds. The number of nitrogens with zero attached hydrogens (tertiary/aromatic N) is 2. The average molecular weight is 447 g/mol. The van der Waals surface area contributed by atoms with Gasteiger partial charge in [0.1, 0.15) is 0 Å². The Morgan fingerprint density at radius 2 is 1.70 bits per heavy atom. The van der Waals surface area contributed by atoms with Crippen molar-refractivity contribution < 1.29 is 14.3 Å². The normalized spacial score (nSPS) is 15.5. The van der Waals surface area contributed by atoms with Crippen LogP contribution in [0.3, 0.4) is 0 Å². The zero-order chi connectivity index (χ0) is 23.2. The van der Waals surface area contributed by atoms with E-state index >= 15 is 0 Å². The molecule has 1 unspecified atom stereocenters. The van der Waals surface area contributed by atoms with Crippen molar-refractivity contribution in [2.75, 3.05) is 13.1 Å². The first-order chi connectivity index (χ1) is 16.1. The van der Waals surface area contributed by atoms with Gasteiger partial charge in [-0.2, -0.15) is 0 Å². The summed E-state index contributed by atoms with van der Waals surface area (Å²) in [6, 6.07) is 18.0. The van der Waals surface area contributed by atoms with Crippen molar-refractivity contribution in [1.29, 1.82) is 0 Å². The molecule has 5 heteroatoms. The summed E-state index contributed by atoms with van der Waals surface area (Å²) in [5.74, 6) is -0.143. The first-order valence-electron chi connectivity index (χ1n) is 12.2. The van der Waals surface area contributed by atoms with Gasteiger partial charge >= 0.3 is 5.97 Å². The van der Waals surface area contributed by atoms with Gasteiger partial charge in [-0.25, -0.2) is 0 Å². The van der Waals surface area contributed by atoms with E-state index in [1.165, 1.54) is 42.7 Å². The van der Waals surface area contributed by atoms with Crippen LogP contribution >= 0.6 is 0 Å². The Hall–Kier alpha value is -3.08. The molecule has 0 spiro atoms. The Bertz CT molecular complexity index is 1080. The number of amides is 1. The van der Waals surface area contributed by atoms with Crippen LogP contribution in [0.15, 0.2) is 60.8 Å². The van der Waals surface area contributed by atoms with Gasteiger partial charge in [0.05, 0.1) is 0 Å². The third kappa shape index (κ3) is 5.29. The van der Waals surface area contributed by atoms with Crippen LogP contribution in [0, 0.1) is 0 Å². The smallest absolute Gasteiger partial charge is 0.303 e. The predicted molar refractivity (Wildman–Crippen MR) is 131 cm³/mol. The van der Waals surface area contributed by atoms with Gasteiger partial charge in [-0.15, -0.1) is 0 Å². The van der Waals surface area contributed by atoms with Crippen molar-refractivity contribution in [3.8, 4) is 0 Å². The van der Waals surface area contributed by atoms with E-state index < -0.39 is 12.1 Å². The number of hydrogen-bond acceptors (Lipinski definition) is 3. The number of benzene rings is 2. The molecule has 0 radical (unpaired) electrons. The number of hydrogen-bond donors (Lipinski definition) is 0. The van der Waals surface area contributed by atoms with Crippen molar-refractivity contribution in [1.82, 2.24) is 9.47 Å². The fourth-order valence-corrected chi connectivity index (χ4v) is 4.95. The van der Waals surface area contributed by atoms with Crippen LogP contribution in [0.25, 0.3) is 10.9 Å². The summed E-state index contributed by atoms with van der Waals surface area (Å²) in [6.07, 6.45) is 6.95. The van der Waals surface area contributed by atoms with Gasteiger partial charge in [-0.05, 0) is 36.8 Å². The minimum absolute atomic E-state index is 0.128. The SMILES string of the molecule is CCCCCn1cc(C2CCN(C(=O)C(OC(C)=O)c3ccccc3)CC2)c2ccccc21.